The molecule has 0 bridgehead atoms. The van der Waals surface area contributed by atoms with Crippen molar-refractivity contribution in [1.29, 1.82) is 0 Å². The van der Waals surface area contributed by atoms with E-state index in [1.807, 2.05) is 18.7 Å². The molecule has 106 valence electrons. The van der Waals surface area contributed by atoms with Crippen molar-refractivity contribution in [3.8, 4) is 0 Å². The lowest BCUT2D eigenvalue weighted by molar-refractivity contribution is -0.124. The van der Waals surface area contributed by atoms with Crippen LogP contribution in [0.15, 0.2) is 0 Å². The van der Waals surface area contributed by atoms with E-state index in [0.717, 1.165) is 38.7 Å². The van der Waals surface area contributed by atoms with E-state index in [4.69, 9.17) is 9.47 Å². The summed E-state index contributed by atoms with van der Waals surface area (Å²) in [6.45, 7) is 2.84. The summed E-state index contributed by atoms with van der Waals surface area (Å²) < 4.78 is 11.3. The molecule has 18 heavy (non-hydrogen) atoms. The molecule has 0 aromatic carbocycles. The second-order valence-electron chi connectivity index (χ2n) is 5.75. The zero-order valence-electron chi connectivity index (χ0n) is 11.6. The lowest BCUT2D eigenvalue weighted by atomic mass is 9.78. The molecular formula is C14H26O3S. The van der Waals surface area contributed by atoms with E-state index < -0.39 is 0 Å². The summed E-state index contributed by atoms with van der Waals surface area (Å²) in [6.07, 6.45) is 4.97. The molecule has 0 aromatic rings. The molecule has 3 atom stereocenters. The van der Waals surface area contributed by atoms with E-state index in [9.17, 15) is 5.11 Å². The lowest BCUT2D eigenvalue weighted by Crippen LogP contribution is -2.45. The third kappa shape index (κ3) is 3.62. The minimum absolute atomic E-state index is 0.0749. The maximum atomic E-state index is 10.3. The molecule has 2 aliphatic heterocycles. The van der Waals surface area contributed by atoms with Gasteiger partial charge >= 0.3 is 0 Å². The fourth-order valence-electron chi connectivity index (χ4n) is 3.11. The smallest absolute Gasteiger partial charge is 0.0701 e. The topological polar surface area (TPSA) is 38.7 Å². The number of methoxy groups -OCH3 is 1. The number of aliphatic hydroxyl groups is 1. The van der Waals surface area contributed by atoms with Crippen LogP contribution in [0.1, 0.15) is 39.0 Å². The Morgan fingerprint density at radius 1 is 1.44 bits per heavy atom. The molecule has 0 aliphatic carbocycles. The highest BCUT2D eigenvalue weighted by Gasteiger charge is 2.40. The number of thioether (sulfide) groups is 1. The van der Waals surface area contributed by atoms with Crippen molar-refractivity contribution in [2.75, 3.05) is 25.2 Å². The Kier molecular flexibility index (Phi) is 5.36. The van der Waals surface area contributed by atoms with Gasteiger partial charge in [0.1, 0.15) is 0 Å². The van der Waals surface area contributed by atoms with Crippen LogP contribution in [0.25, 0.3) is 0 Å². The van der Waals surface area contributed by atoms with E-state index in [-0.39, 0.29) is 17.8 Å². The third-order valence-corrected chi connectivity index (χ3v) is 5.44. The van der Waals surface area contributed by atoms with Gasteiger partial charge in [-0.05, 0) is 56.5 Å². The molecule has 2 aliphatic rings. The monoisotopic (exact) mass is 274 g/mol. The Bertz CT molecular complexity index is 248. The van der Waals surface area contributed by atoms with Gasteiger partial charge in [0, 0.05) is 13.7 Å². The number of aliphatic hydroxyl groups excluding tert-OH is 1. The zero-order chi connectivity index (χ0) is 13.0. The molecule has 2 rings (SSSR count). The van der Waals surface area contributed by atoms with Gasteiger partial charge in [0.2, 0.25) is 0 Å². The molecule has 4 heteroatoms. The number of hydrogen-bond donors (Lipinski definition) is 1. The van der Waals surface area contributed by atoms with E-state index in [1.165, 1.54) is 11.5 Å². The Labute approximate surface area is 115 Å². The Hall–Kier alpha value is 0.230. The minimum atomic E-state index is -0.240. The van der Waals surface area contributed by atoms with Crippen LogP contribution in [-0.4, -0.2) is 48.1 Å². The normalized spacial score (nSPS) is 31.2. The maximum Gasteiger partial charge on any atom is 0.0701 e. The summed E-state index contributed by atoms with van der Waals surface area (Å²) in [5, 5.41) is 10.3. The molecule has 0 radical (unpaired) electrons. The first kappa shape index (κ1) is 14.6. The molecule has 0 aromatic heterocycles. The third-order valence-electron chi connectivity index (χ3n) is 4.46. The quantitative estimate of drug-likeness (QED) is 0.855. The van der Waals surface area contributed by atoms with Crippen molar-refractivity contribution in [2.24, 2.45) is 5.92 Å². The summed E-state index contributed by atoms with van der Waals surface area (Å²) in [7, 11) is 1.71. The summed E-state index contributed by atoms with van der Waals surface area (Å²) in [4.78, 5) is 0. The van der Waals surface area contributed by atoms with Gasteiger partial charge in [0.15, 0.2) is 0 Å². The van der Waals surface area contributed by atoms with E-state index in [0.29, 0.717) is 5.92 Å². The molecule has 0 amide bonds. The molecule has 2 heterocycles. The van der Waals surface area contributed by atoms with Crippen molar-refractivity contribution in [1.82, 2.24) is 0 Å². The summed E-state index contributed by atoms with van der Waals surface area (Å²) in [5.74, 6) is 2.80. The Morgan fingerprint density at radius 2 is 2.17 bits per heavy atom. The van der Waals surface area contributed by atoms with Crippen molar-refractivity contribution in [3.63, 3.8) is 0 Å². The highest BCUT2D eigenvalue weighted by molar-refractivity contribution is 7.99. The molecule has 1 spiro atoms. The molecule has 1 N–H and O–H groups in total. The van der Waals surface area contributed by atoms with Crippen LogP contribution in [-0.2, 0) is 9.47 Å². The summed E-state index contributed by atoms with van der Waals surface area (Å²) >= 11 is 2.02. The van der Waals surface area contributed by atoms with Gasteiger partial charge in [0.25, 0.3) is 0 Å². The average molecular weight is 274 g/mol. The molecular weight excluding hydrogens is 248 g/mol. The van der Waals surface area contributed by atoms with E-state index in [2.05, 4.69) is 0 Å². The zero-order valence-corrected chi connectivity index (χ0v) is 12.4. The molecule has 0 saturated carbocycles. The number of rotatable bonds is 4. The first-order valence-electron chi connectivity index (χ1n) is 7.08. The summed E-state index contributed by atoms with van der Waals surface area (Å²) in [6, 6.07) is 0. The van der Waals surface area contributed by atoms with Crippen LogP contribution in [0, 0.1) is 5.92 Å². The van der Waals surface area contributed by atoms with Crippen LogP contribution in [0.4, 0.5) is 0 Å². The molecule has 2 fully saturated rings. The summed E-state index contributed by atoms with van der Waals surface area (Å²) in [5.41, 5.74) is 0.0749. The highest BCUT2D eigenvalue weighted by atomic mass is 32.2. The van der Waals surface area contributed by atoms with Gasteiger partial charge in [-0.15, -0.1) is 0 Å². The van der Waals surface area contributed by atoms with Crippen LogP contribution in [0.3, 0.4) is 0 Å². The predicted octanol–water partition coefficient (Wildman–Crippen LogP) is 2.46. The van der Waals surface area contributed by atoms with Crippen molar-refractivity contribution >= 4 is 11.8 Å². The molecule has 3 nitrogen and oxygen atoms in total. The fraction of sp³-hybridized carbons (Fsp3) is 1.00. The number of ether oxygens (including phenoxy) is 2. The standard InChI is InChI=1S/C14H26O3S/c1-11(16-2)9-13(15)12-3-6-17-14(10-12)4-7-18-8-5-14/h11-13,15H,3-10H2,1-2H3. The first-order chi connectivity index (χ1) is 8.65. The first-order valence-corrected chi connectivity index (χ1v) is 8.23. The maximum absolute atomic E-state index is 10.3. The Balaban J connectivity index is 1.89. The van der Waals surface area contributed by atoms with Gasteiger partial charge in [-0.3, -0.25) is 0 Å². The largest absolute Gasteiger partial charge is 0.393 e. The van der Waals surface area contributed by atoms with Gasteiger partial charge in [-0.25, -0.2) is 0 Å². The fourth-order valence-corrected chi connectivity index (χ4v) is 4.35. The van der Waals surface area contributed by atoms with Crippen molar-refractivity contribution < 1.29 is 14.6 Å². The SMILES string of the molecule is COC(C)CC(O)C1CCOC2(CCSCC2)C1. The Morgan fingerprint density at radius 3 is 2.83 bits per heavy atom. The average Bonchev–Trinajstić information content (AvgIpc) is 2.39. The van der Waals surface area contributed by atoms with Crippen molar-refractivity contribution in [3.05, 3.63) is 0 Å². The van der Waals surface area contributed by atoms with E-state index in [1.54, 1.807) is 7.11 Å². The van der Waals surface area contributed by atoms with Crippen molar-refractivity contribution in [2.45, 2.75) is 56.8 Å². The highest BCUT2D eigenvalue weighted by Crippen LogP contribution is 2.41. The molecule has 3 unspecified atom stereocenters. The van der Waals surface area contributed by atoms with Gasteiger partial charge in [0.05, 0.1) is 17.8 Å². The van der Waals surface area contributed by atoms with Crippen LogP contribution in [0.2, 0.25) is 0 Å². The lowest BCUT2D eigenvalue weighted by Gasteiger charge is -2.44. The second-order valence-corrected chi connectivity index (χ2v) is 6.97. The van der Waals surface area contributed by atoms with Gasteiger partial charge in [-0.1, -0.05) is 0 Å². The van der Waals surface area contributed by atoms with Crippen LogP contribution < -0.4 is 0 Å². The second kappa shape index (κ2) is 6.60. The predicted molar refractivity (Wildman–Crippen MR) is 75.1 cm³/mol. The van der Waals surface area contributed by atoms with E-state index >= 15 is 0 Å². The number of hydrogen-bond acceptors (Lipinski definition) is 4. The molecule has 2 saturated heterocycles. The minimum Gasteiger partial charge on any atom is -0.393 e. The van der Waals surface area contributed by atoms with Crippen LogP contribution in [0.5, 0.6) is 0 Å². The van der Waals surface area contributed by atoms with Gasteiger partial charge in [-0.2, -0.15) is 11.8 Å². The van der Waals surface area contributed by atoms with Gasteiger partial charge < -0.3 is 14.6 Å². The van der Waals surface area contributed by atoms with Crippen LogP contribution >= 0.6 is 11.8 Å².